The number of halogens is 1. The Morgan fingerprint density at radius 1 is 1.18 bits per heavy atom. The highest BCUT2D eigenvalue weighted by atomic mass is 35.5. The molecule has 0 saturated carbocycles. The van der Waals surface area contributed by atoms with Crippen LogP contribution in [0.3, 0.4) is 0 Å². The molecule has 1 aliphatic rings. The standard InChI is InChI=1S/C20H18ClN3O4/c1-26-15-6-7-16(17(10-15)27-2)24-11-13(9-18(24)25)20-22-19(23-28-20)12-4-3-5-14(21)8-12/h3-8,10,13H,9,11H2,1-2H3. The van der Waals surface area contributed by atoms with Gasteiger partial charge in [0.1, 0.15) is 11.5 Å². The minimum atomic E-state index is -0.195. The number of ether oxygens (including phenoxy) is 2. The number of anilines is 1. The molecule has 1 unspecified atom stereocenters. The summed E-state index contributed by atoms with van der Waals surface area (Å²) in [6, 6.07) is 12.6. The van der Waals surface area contributed by atoms with E-state index in [0.29, 0.717) is 40.5 Å². The van der Waals surface area contributed by atoms with E-state index < -0.39 is 0 Å². The molecule has 1 aliphatic heterocycles. The van der Waals surface area contributed by atoms with E-state index in [-0.39, 0.29) is 18.2 Å². The fraction of sp³-hybridized carbons (Fsp3) is 0.250. The predicted molar refractivity (Wildman–Crippen MR) is 104 cm³/mol. The van der Waals surface area contributed by atoms with Crippen molar-refractivity contribution in [3.8, 4) is 22.9 Å². The highest BCUT2D eigenvalue weighted by Crippen LogP contribution is 2.38. The summed E-state index contributed by atoms with van der Waals surface area (Å²) < 4.78 is 16.1. The van der Waals surface area contributed by atoms with E-state index in [0.717, 1.165) is 5.56 Å². The Kier molecular flexibility index (Phi) is 4.92. The predicted octanol–water partition coefficient (Wildman–Crippen LogP) is 3.93. The summed E-state index contributed by atoms with van der Waals surface area (Å²) in [7, 11) is 3.14. The molecule has 28 heavy (non-hydrogen) atoms. The van der Waals surface area contributed by atoms with Gasteiger partial charge in [0.2, 0.25) is 17.6 Å². The second-order valence-electron chi connectivity index (χ2n) is 6.41. The number of benzene rings is 2. The molecule has 0 radical (unpaired) electrons. The second-order valence-corrected chi connectivity index (χ2v) is 6.85. The lowest BCUT2D eigenvalue weighted by molar-refractivity contribution is -0.117. The summed E-state index contributed by atoms with van der Waals surface area (Å²) in [4.78, 5) is 18.8. The molecule has 3 aromatic rings. The van der Waals surface area contributed by atoms with E-state index in [1.54, 1.807) is 43.4 Å². The van der Waals surface area contributed by atoms with Crippen LogP contribution in [0.4, 0.5) is 5.69 Å². The number of methoxy groups -OCH3 is 2. The Morgan fingerprint density at radius 3 is 2.79 bits per heavy atom. The van der Waals surface area contributed by atoms with Gasteiger partial charge in [0, 0.05) is 29.6 Å². The number of amides is 1. The molecule has 144 valence electrons. The van der Waals surface area contributed by atoms with Crippen LogP contribution in [0.2, 0.25) is 5.02 Å². The van der Waals surface area contributed by atoms with Crippen molar-refractivity contribution in [1.82, 2.24) is 10.1 Å². The number of carbonyl (C=O) groups is 1. The Labute approximate surface area is 166 Å². The van der Waals surface area contributed by atoms with Crippen molar-refractivity contribution in [1.29, 1.82) is 0 Å². The molecule has 8 heteroatoms. The van der Waals surface area contributed by atoms with E-state index in [1.807, 2.05) is 18.2 Å². The number of rotatable bonds is 5. The number of aromatic nitrogens is 2. The summed E-state index contributed by atoms with van der Waals surface area (Å²) in [6.07, 6.45) is 0.284. The fourth-order valence-corrected chi connectivity index (χ4v) is 3.45. The highest BCUT2D eigenvalue weighted by Gasteiger charge is 2.36. The summed E-state index contributed by atoms with van der Waals surface area (Å²) in [5.74, 6) is 1.88. The van der Waals surface area contributed by atoms with Gasteiger partial charge >= 0.3 is 0 Å². The summed E-state index contributed by atoms with van der Waals surface area (Å²) in [5.41, 5.74) is 1.45. The van der Waals surface area contributed by atoms with Crippen LogP contribution in [0.1, 0.15) is 18.2 Å². The lowest BCUT2D eigenvalue weighted by Crippen LogP contribution is -2.24. The first kappa shape index (κ1) is 18.3. The lowest BCUT2D eigenvalue weighted by atomic mass is 10.1. The molecule has 0 N–H and O–H groups in total. The monoisotopic (exact) mass is 399 g/mol. The maximum absolute atomic E-state index is 12.6. The zero-order chi connectivity index (χ0) is 19.7. The van der Waals surface area contributed by atoms with Crippen LogP contribution < -0.4 is 14.4 Å². The molecule has 1 aromatic heterocycles. The maximum atomic E-state index is 12.6. The third kappa shape index (κ3) is 3.41. The number of hydrogen-bond acceptors (Lipinski definition) is 6. The Bertz CT molecular complexity index is 1020. The van der Waals surface area contributed by atoms with Gasteiger partial charge in [0.25, 0.3) is 0 Å². The van der Waals surface area contributed by atoms with E-state index in [1.165, 1.54) is 0 Å². The van der Waals surface area contributed by atoms with Gasteiger partial charge in [-0.2, -0.15) is 4.98 Å². The average molecular weight is 400 g/mol. The van der Waals surface area contributed by atoms with Crippen LogP contribution in [0.15, 0.2) is 47.0 Å². The quantitative estimate of drug-likeness (QED) is 0.647. The minimum Gasteiger partial charge on any atom is -0.497 e. The van der Waals surface area contributed by atoms with Crippen LogP contribution in [-0.2, 0) is 4.79 Å². The third-order valence-electron chi connectivity index (χ3n) is 4.68. The van der Waals surface area contributed by atoms with Crippen molar-refractivity contribution in [3.05, 3.63) is 53.4 Å². The van der Waals surface area contributed by atoms with E-state index >= 15 is 0 Å². The average Bonchev–Trinajstić information content (AvgIpc) is 3.34. The van der Waals surface area contributed by atoms with Gasteiger partial charge in [-0.15, -0.1) is 0 Å². The topological polar surface area (TPSA) is 77.7 Å². The van der Waals surface area contributed by atoms with Gasteiger partial charge in [-0.1, -0.05) is 28.9 Å². The number of carbonyl (C=O) groups excluding carboxylic acids is 1. The van der Waals surface area contributed by atoms with Crippen molar-refractivity contribution in [2.24, 2.45) is 0 Å². The van der Waals surface area contributed by atoms with Gasteiger partial charge in [0.05, 0.1) is 25.8 Å². The zero-order valence-electron chi connectivity index (χ0n) is 15.4. The summed E-state index contributed by atoms with van der Waals surface area (Å²) in [6.45, 7) is 0.429. The van der Waals surface area contributed by atoms with Crippen molar-refractivity contribution >= 4 is 23.2 Å². The SMILES string of the molecule is COc1ccc(N2CC(c3nc(-c4cccc(Cl)c4)no3)CC2=O)c(OC)c1. The van der Waals surface area contributed by atoms with Crippen molar-refractivity contribution in [2.45, 2.75) is 12.3 Å². The molecule has 4 rings (SSSR count). The van der Waals surface area contributed by atoms with E-state index in [9.17, 15) is 4.79 Å². The molecule has 1 amide bonds. The first-order valence-electron chi connectivity index (χ1n) is 8.71. The van der Waals surface area contributed by atoms with Crippen molar-refractivity contribution in [2.75, 3.05) is 25.7 Å². The van der Waals surface area contributed by atoms with Crippen LogP contribution in [0, 0.1) is 0 Å². The molecule has 0 spiro atoms. The van der Waals surface area contributed by atoms with Gasteiger partial charge in [-0.25, -0.2) is 0 Å². The van der Waals surface area contributed by atoms with E-state index in [4.69, 9.17) is 25.6 Å². The summed E-state index contributed by atoms with van der Waals surface area (Å²) >= 11 is 6.03. The van der Waals surface area contributed by atoms with Gasteiger partial charge in [-0.05, 0) is 24.3 Å². The first-order valence-corrected chi connectivity index (χ1v) is 9.08. The Balaban J connectivity index is 1.57. The lowest BCUT2D eigenvalue weighted by Gasteiger charge is -2.19. The van der Waals surface area contributed by atoms with Crippen LogP contribution in [0.25, 0.3) is 11.4 Å². The van der Waals surface area contributed by atoms with Crippen LogP contribution in [0.5, 0.6) is 11.5 Å². The van der Waals surface area contributed by atoms with Gasteiger partial charge < -0.3 is 18.9 Å². The Hall–Kier alpha value is -3.06. The van der Waals surface area contributed by atoms with E-state index in [2.05, 4.69) is 10.1 Å². The first-order chi connectivity index (χ1) is 13.6. The van der Waals surface area contributed by atoms with Crippen molar-refractivity contribution < 1.29 is 18.8 Å². The molecule has 2 heterocycles. The molecular weight excluding hydrogens is 382 g/mol. The smallest absolute Gasteiger partial charge is 0.232 e. The molecule has 7 nitrogen and oxygen atoms in total. The van der Waals surface area contributed by atoms with Gasteiger partial charge in [0.15, 0.2) is 0 Å². The number of hydrogen-bond donors (Lipinski definition) is 0. The summed E-state index contributed by atoms with van der Waals surface area (Å²) in [5, 5.41) is 4.63. The zero-order valence-corrected chi connectivity index (χ0v) is 16.1. The highest BCUT2D eigenvalue weighted by molar-refractivity contribution is 6.30. The molecule has 0 aliphatic carbocycles. The normalized spacial score (nSPS) is 16.5. The van der Waals surface area contributed by atoms with Crippen molar-refractivity contribution in [3.63, 3.8) is 0 Å². The fourth-order valence-electron chi connectivity index (χ4n) is 3.26. The number of nitrogens with zero attached hydrogens (tertiary/aromatic N) is 3. The molecule has 1 saturated heterocycles. The minimum absolute atomic E-state index is 0.0315. The molecular formula is C20H18ClN3O4. The van der Waals surface area contributed by atoms with Gasteiger partial charge in [-0.3, -0.25) is 4.79 Å². The third-order valence-corrected chi connectivity index (χ3v) is 4.91. The van der Waals surface area contributed by atoms with Crippen LogP contribution in [-0.4, -0.2) is 36.8 Å². The largest absolute Gasteiger partial charge is 0.497 e. The molecule has 1 fully saturated rings. The molecule has 2 aromatic carbocycles. The molecule has 0 bridgehead atoms. The van der Waals surface area contributed by atoms with Crippen LogP contribution >= 0.6 is 11.6 Å². The Morgan fingerprint density at radius 2 is 2.04 bits per heavy atom. The molecule has 1 atom stereocenters. The second kappa shape index (κ2) is 7.52. The maximum Gasteiger partial charge on any atom is 0.232 e.